The summed E-state index contributed by atoms with van der Waals surface area (Å²) < 4.78 is 15.2. The van der Waals surface area contributed by atoms with Gasteiger partial charge in [0.25, 0.3) is 0 Å². The summed E-state index contributed by atoms with van der Waals surface area (Å²) in [6.45, 7) is 0.158. The van der Waals surface area contributed by atoms with Gasteiger partial charge in [-0.05, 0) is 17.7 Å². The number of esters is 2. The highest BCUT2D eigenvalue weighted by Gasteiger charge is 2.32. The molecule has 0 fully saturated rings. The van der Waals surface area contributed by atoms with Crippen LogP contribution in [0.5, 0.6) is 0 Å². The minimum atomic E-state index is -0.701. The molecule has 22 heavy (non-hydrogen) atoms. The fraction of sp³-hybridized carbons (Fsp3) is 0.294. The molecule has 1 atom stereocenters. The van der Waals surface area contributed by atoms with E-state index in [-0.39, 0.29) is 18.6 Å². The van der Waals surface area contributed by atoms with Gasteiger partial charge in [-0.3, -0.25) is 4.79 Å². The third-order valence-corrected chi connectivity index (χ3v) is 3.43. The van der Waals surface area contributed by atoms with Crippen LogP contribution in [0.2, 0.25) is 0 Å². The molecule has 0 unspecified atom stereocenters. The van der Waals surface area contributed by atoms with E-state index in [1.807, 2.05) is 30.3 Å². The lowest BCUT2D eigenvalue weighted by atomic mass is 9.90. The zero-order valence-electron chi connectivity index (χ0n) is 12.6. The summed E-state index contributed by atoms with van der Waals surface area (Å²) in [7, 11) is 2.81. The zero-order valence-corrected chi connectivity index (χ0v) is 12.6. The van der Waals surface area contributed by atoms with Gasteiger partial charge in [0.2, 0.25) is 0 Å². The molecule has 0 N–H and O–H groups in total. The predicted octanol–water partition coefficient (Wildman–Crippen LogP) is 2.38. The fourth-order valence-corrected chi connectivity index (χ4v) is 2.20. The second kappa shape index (κ2) is 7.45. The summed E-state index contributed by atoms with van der Waals surface area (Å²) in [4.78, 5) is 24.1. The first-order chi connectivity index (χ1) is 10.7. The van der Waals surface area contributed by atoms with Crippen LogP contribution >= 0.6 is 0 Å². The fourth-order valence-electron chi connectivity index (χ4n) is 2.20. The van der Waals surface area contributed by atoms with E-state index in [2.05, 4.69) is 0 Å². The summed E-state index contributed by atoms with van der Waals surface area (Å²) in [6, 6.07) is 9.35. The first-order valence-electron chi connectivity index (χ1n) is 6.89. The lowest BCUT2D eigenvalue weighted by Gasteiger charge is -2.21. The number of hydrogen-bond acceptors (Lipinski definition) is 5. The van der Waals surface area contributed by atoms with Gasteiger partial charge < -0.3 is 14.2 Å². The van der Waals surface area contributed by atoms with Crippen molar-refractivity contribution in [1.29, 1.82) is 0 Å². The van der Waals surface area contributed by atoms with Crippen molar-refractivity contribution < 1.29 is 23.8 Å². The molecule has 0 bridgehead atoms. The highest BCUT2D eigenvalue weighted by molar-refractivity contribution is 5.96. The van der Waals surface area contributed by atoms with Crippen molar-refractivity contribution in [2.24, 2.45) is 5.92 Å². The van der Waals surface area contributed by atoms with Gasteiger partial charge in [-0.2, -0.15) is 0 Å². The Bertz CT molecular complexity index is 601. The summed E-state index contributed by atoms with van der Waals surface area (Å²) >= 11 is 0. The SMILES string of the molecule is COC(=O)[C@@H]1CC(OC)=CC=C1C(=O)OCc1ccccc1. The first-order valence-corrected chi connectivity index (χ1v) is 6.89. The monoisotopic (exact) mass is 302 g/mol. The van der Waals surface area contributed by atoms with Crippen LogP contribution in [0.4, 0.5) is 0 Å². The highest BCUT2D eigenvalue weighted by atomic mass is 16.5. The lowest BCUT2D eigenvalue weighted by Crippen LogP contribution is -2.26. The predicted molar refractivity (Wildman–Crippen MR) is 79.5 cm³/mol. The topological polar surface area (TPSA) is 61.8 Å². The Morgan fingerprint density at radius 3 is 2.50 bits per heavy atom. The number of carbonyl (C=O) groups excluding carboxylic acids is 2. The molecule has 116 valence electrons. The molecular weight excluding hydrogens is 284 g/mol. The van der Waals surface area contributed by atoms with E-state index in [4.69, 9.17) is 14.2 Å². The van der Waals surface area contributed by atoms with E-state index >= 15 is 0 Å². The molecule has 0 saturated carbocycles. The van der Waals surface area contributed by atoms with Gasteiger partial charge in [0.05, 0.1) is 31.5 Å². The normalized spacial score (nSPS) is 17.1. The molecule has 1 aromatic carbocycles. The molecule has 0 aromatic heterocycles. The average Bonchev–Trinajstić information content (AvgIpc) is 2.59. The first kappa shape index (κ1) is 15.8. The van der Waals surface area contributed by atoms with Crippen LogP contribution < -0.4 is 0 Å². The minimum absolute atomic E-state index is 0.158. The van der Waals surface area contributed by atoms with Crippen molar-refractivity contribution in [3.05, 3.63) is 59.4 Å². The van der Waals surface area contributed by atoms with E-state index in [0.717, 1.165) is 5.56 Å². The largest absolute Gasteiger partial charge is 0.501 e. The van der Waals surface area contributed by atoms with E-state index in [1.54, 1.807) is 12.2 Å². The van der Waals surface area contributed by atoms with Crippen molar-refractivity contribution in [2.75, 3.05) is 14.2 Å². The maximum atomic E-state index is 12.2. The number of methoxy groups -OCH3 is 2. The number of allylic oxidation sites excluding steroid dienone is 3. The van der Waals surface area contributed by atoms with Crippen LogP contribution in [0.15, 0.2) is 53.8 Å². The van der Waals surface area contributed by atoms with E-state index in [0.29, 0.717) is 5.76 Å². The highest BCUT2D eigenvalue weighted by Crippen LogP contribution is 2.28. The molecule has 0 amide bonds. The van der Waals surface area contributed by atoms with Gasteiger partial charge in [-0.15, -0.1) is 0 Å². The molecule has 1 aromatic rings. The van der Waals surface area contributed by atoms with Gasteiger partial charge in [0, 0.05) is 6.42 Å². The number of ether oxygens (including phenoxy) is 3. The second-order valence-electron chi connectivity index (χ2n) is 4.80. The Morgan fingerprint density at radius 2 is 1.86 bits per heavy atom. The van der Waals surface area contributed by atoms with E-state index in [1.165, 1.54) is 14.2 Å². The van der Waals surface area contributed by atoms with Crippen LogP contribution in [0.3, 0.4) is 0 Å². The van der Waals surface area contributed by atoms with Crippen molar-refractivity contribution in [1.82, 2.24) is 0 Å². The van der Waals surface area contributed by atoms with Crippen molar-refractivity contribution in [2.45, 2.75) is 13.0 Å². The summed E-state index contributed by atoms with van der Waals surface area (Å²) in [6.07, 6.45) is 3.51. The smallest absolute Gasteiger partial charge is 0.335 e. The number of carbonyl (C=O) groups is 2. The van der Waals surface area contributed by atoms with Crippen LogP contribution in [0.25, 0.3) is 0 Å². The van der Waals surface area contributed by atoms with Crippen LogP contribution in [-0.2, 0) is 30.4 Å². The molecule has 0 radical (unpaired) electrons. The van der Waals surface area contributed by atoms with Crippen molar-refractivity contribution in [3.8, 4) is 0 Å². The summed E-state index contributed by atoms with van der Waals surface area (Å²) in [5, 5.41) is 0. The lowest BCUT2D eigenvalue weighted by molar-refractivity contribution is -0.149. The molecular formula is C17H18O5. The Hall–Kier alpha value is -2.56. The van der Waals surface area contributed by atoms with Gasteiger partial charge in [0.1, 0.15) is 6.61 Å². The van der Waals surface area contributed by atoms with E-state index in [9.17, 15) is 9.59 Å². The molecule has 5 nitrogen and oxygen atoms in total. The van der Waals surface area contributed by atoms with Crippen LogP contribution in [0, 0.1) is 5.92 Å². The summed E-state index contributed by atoms with van der Waals surface area (Å²) in [5.74, 6) is -1.08. The molecule has 5 heteroatoms. The molecule has 1 aliphatic carbocycles. The Kier molecular flexibility index (Phi) is 5.36. The average molecular weight is 302 g/mol. The number of hydrogen-bond donors (Lipinski definition) is 0. The van der Waals surface area contributed by atoms with E-state index < -0.39 is 17.9 Å². The summed E-state index contributed by atoms with van der Waals surface area (Å²) in [5.41, 5.74) is 1.17. The quantitative estimate of drug-likeness (QED) is 0.781. The van der Waals surface area contributed by atoms with Crippen LogP contribution in [-0.4, -0.2) is 26.2 Å². The Morgan fingerprint density at radius 1 is 1.14 bits per heavy atom. The number of benzene rings is 1. The van der Waals surface area contributed by atoms with Crippen molar-refractivity contribution in [3.63, 3.8) is 0 Å². The Labute approximate surface area is 129 Å². The standard InChI is InChI=1S/C17H18O5/c1-20-13-8-9-14(15(10-13)16(18)21-2)17(19)22-11-12-6-4-3-5-7-12/h3-9,15H,10-11H2,1-2H3/t15-/m1/s1. The third kappa shape index (κ3) is 3.75. The minimum Gasteiger partial charge on any atom is -0.501 e. The van der Waals surface area contributed by atoms with Gasteiger partial charge in [0.15, 0.2) is 0 Å². The second-order valence-corrected chi connectivity index (χ2v) is 4.80. The van der Waals surface area contributed by atoms with Gasteiger partial charge >= 0.3 is 11.9 Å². The molecule has 0 heterocycles. The van der Waals surface area contributed by atoms with Crippen molar-refractivity contribution >= 4 is 11.9 Å². The third-order valence-electron chi connectivity index (χ3n) is 3.43. The maximum Gasteiger partial charge on any atom is 0.335 e. The maximum absolute atomic E-state index is 12.2. The molecule has 1 aliphatic rings. The van der Waals surface area contributed by atoms with Gasteiger partial charge in [-0.1, -0.05) is 30.3 Å². The zero-order chi connectivity index (χ0) is 15.9. The Balaban J connectivity index is 2.09. The number of rotatable bonds is 5. The molecule has 2 rings (SSSR count). The molecule has 0 saturated heterocycles. The molecule has 0 spiro atoms. The van der Waals surface area contributed by atoms with Gasteiger partial charge in [-0.25, -0.2) is 4.79 Å². The van der Waals surface area contributed by atoms with Crippen LogP contribution in [0.1, 0.15) is 12.0 Å². The molecule has 0 aliphatic heterocycles.